The topological polar surface area (TPSA) is 73.3 Å². The summed E-state index contributed by atoms with van der Waals surface area (Å²) in [6.07, 6.45) is 2.50. The van der Waals surface area contributed by atoms with Crippen molar-refractivity contribution < 1.29 is 14.3 Å². The highest BCUT2D eigenvalue weighted by atomic mass is 32.2. The molecule has 1 aromatic heterocycles. The molecule has 0 fully saturated rings. The number of ether oxygens (including phenoxy) is 2. The number of aromatic amines is 1. The number of carbonyl (C=O) groups is 1. The number of nitrogens with zero attached hydrogens (tertiary/aromatic N) is 1. The highest BCUT2D eigenvalue weighted by molar-refractivity contribution is 7.98. The van der Waals surface area contributed by atoms with Crippen molar-refractivity contribution in [2.75, 3.05) is 20.0 Å². The molecule has 0 aliphatic heterocycles. The number of aromatic nitrogens is 2. The van der Waals surface area contributed by atoms with Crippen molar-refractivity contribution in [1.82, 2.24) is 9.55 Å². The molecule has 0 saturated carbocycles. The lowest BCUT2D eigenvalue weighted by atomic mass is 10.2. The number of esters is 1. The van der Waals surface area contributed by atoms with Gasteiger partial charge in [-0.05, 0) is 43.0 Å². The molecule has 0 unspecified atom stereocenters. The maximum Gasteiger partial charge on any atom is 0.341 e. The Bertz CT molecular complexity index is 977. The monoisotopic (exact) mass is 372 g/mol. The Morgan fingerprint density at radius 3 is 2.81 bits per heavy atom. The minimum atomic E-state index is -0.430. The summed E-state index contributed by atoms with van der Waals surface area (Å²) in [5.41, 5.74) is 1.88. The molecule has 0 atom stereocenters. The van der Waals surface area contributed by atoms with Gasteiger partial charge >= 0.3 is 11.7 Å². The van der Waals surface area contributed by atoms with Gasteiger partial charge in [0, 0.05) is 11.4 Å². The van der Waals surface area contributed by atoms with Crippen LogP contribution in [-0.2, 0) is 11.3 Å². The first kappa shape index (κ1) is 18.1. The Morgan fingerprint density at radius 1 is 1.23 bits per heavy atom. The first-order valence-corrected chi connectivity index (χ1v) is 9.43. The smallest absolute Gasteiger partial charge is 0.341 e. The van der Waals surface area contributed by atoms with Crippen molar-refractivity contribution in [2.45, 2.75) is 17.9 Å². The molecule has 0 bridgehead atoms. The molecule has 2 aromatic carbocycles. The summed E-state index contributed by atoms with van der Waals surface area (Å²) in [6, 6.07) is 12.9. The number of thioether (sulfide) groups is 1. The van der Waals surface area contributed by atoms with Gasteiger partial charge in [-0.3, -0.25) is 4.57 Å². The van der Waals surface area contributed by atoms with Crippen LogP contribution in [0.5, 0.6) is 5.75 Å². The average molecular weight is 372 g/mol. The molecule has 0 aliphatic carbocycles. The molecule has 26 heavy (non-hydrogen) atoms. The van der Waals surface area contributed by atoms with Gasteiger partial charge in [0.05, 0.1) is 24.8 Å². The number of hydrogen-bond acceptors (Lipinski definition) is 5. The Hall–Kier alpha value is -2.67. The van der Waals surface area contributed by atoms with E-state index in [-0.39, 0.29) is 12.3 Å². The van der Waals surface area contributed by atoms with Gasteiger partial charge in [-0.25, -0.2) is 9.59 Å². The summed E-state index contributed by atoms with van der Waals surface area (Å²) in [5, 5.41) is 0. The van der Waals surface area contributed by atoms with Crippen LogP contribution in [0.15, 0.2) is 52.2 Å². The number of fused-ring (bicyclic) bond motifs is 1. The standard InChI is InChI=1S/C19H20N2O4S/c1-24-17-12-13(26-2)8-9-14(17)18(22)25-11-5-10-21-16-7-4-3-6-15(16)20-19(21)23/h3-4,6-9,12H,5,10-11H2,1-2H3,(H,20,23). The third-order valence-electron chi connectivity index (χ3n) is 4.07. The number of benzene rings is 2. The Kier molecular flexibility index (Phi) is 5.68. The molecule has 0 aliphatic rings. The van der Waals surface area contributed by atoms with E-state index in [1.807, 2.05) is 42.7 Å². The zero-order valence-corrected chi connectivity index (χ0v) is 15.5. The van der Waals surface area contributed by atoms with E-state index < -0.39 is 5.97 Å². The molecule has 0 saturated heterocycles. The van der Waals surface area contributed by atoms with Gasteiger partial charge in [0.1, 0.15) is 11.3 Å². The maximum atomic E-state index is 12.3. The molecule has 3 rings (SSSR count). The zero-order chi connectivity index (χ0) is 18.5. The van der Waals surface area contributed by atoms with Crippen molar-refractivity contribution in [3.63, 3.8) is 0 Å². The maximum absolute atomic E-state index is 12.3. The highest BCUT2D eigenvalue weighted by Gasteiger charge is 2.14. The van der Waals surface area contributed by atoms with E-state index in [0.717, 1.165) is 15.9 Å². The van der Waals surface area contributed by atoms with E-state index in [9.17, 15) is 9.59 Å². The van der Waals surface area contributed by atoms with Crippen LogP contribution in [0.25, 0.3) is 11.0 Å². The number of nitrogens with one attached hydrogen (secondary N) is 1. The van der Waals surface area contributed by atoms with Gasteiger partial charge in [0.25, 0.3) is 0 Å². The van der Waals surface area contributed by atoms with Gasteiger partial charge in [0.2, 0.25) is 0 Å². The van der Waals surface area contributed by atoms with Crippen molar-refractivity contribution >= 4 is 28.8 Å². The molecule has 0 amide bonds. The van der Waals surface area contributed by atoms with Crippen LogP contribution in [-0.4, -0.2) is 35.5 Å². The van der Waals surface area contributed by atoms with Crippen molar-refractivity contribution in [2.24, 2.45) is 0 Å². The average Bonchev–Trinajstić information content (AvgIpc) is 2.99. The van der Waals surface area contributed by atoms with Gasteiger partial charge in [-0.1, -0.05) is 12.1 Å². The molecular formula is C19H20N2O4S. The molecule has 7 heteroatoms. The zero-order valence-electron chi connectivity index (χ0n) is 14.7. The van der Waals surface area contributed by atoms with E-state index >= 15 is 0 Å². The molecule has 6 nitrogen and oxygen atoms in total. The van der Waals surface area contributed by atoms with E-state index in [1.165, 1.54) is 7.11 Å². The van der Waals surface area contributed by atoms with Gasteiger partial charge in [0.15, 0.2) is 0 Å². The summed E-state index contributed by atoms with van der Waals surface area (Å²) in [4.78, 5) is 28.1. The summed E-state index contributed by atoms with van der Waals surface area (Å²) >= 11 is 1.57. The Labute approximate surface area is 155 Å². The second-order valence-corrected chi connectivity index (χ2v) is 6.53. The third kappa shape index (κ3) is 3.77. The van der Waals surface area contributed by atoms with Crippen molar-refractivity contribution in [1.29, 1.82) is 0 Å². The van der Waals surface area contributed by atoms with E-state index in [2.05, 4.69) is 4.98 Å². The van der Waals surface area contributed by atoms with Crippen LogP contribution in [0, 0.1) is 0 Å². The Morgan fingerprint density at radius 2 is 2.04 bits per heavy atom. The minimum Gasteiger partial charge on any atom is -0.496 e. The first-order valence-electron chi connectivity index (χ1n) is 8.20. The first-order chi connectivity index (χ1) is 12.6. The number of carbonyl (C=O) groups excluding carboxylic acids is 1. The molecule has 3 aromatic rings. The fraction of sp³-hybridized carbons (Fsp3) is 0.263. The van der Waals surface area contributed by atoms with Crippen LogP contribution in [0.4, 0.5) is 0 Å². The number of aryl methyl sites for hydroxylation is 1. The lowest BCUT2D eigenvalue weighted by Crippen LogP contribution is -2.18. The van der Waals surface area contributed by atoms with E-state index in [4.69, 9.17) is 9.47 Å². The van der Waals surface area contributed by atoms with E-state index in [1.54, 1.807) is 22.4 Å². The lowest BCUT2D eigenvalue weighted by molar-refractivity contribution is 0.0492. The molecule has 0 spiro atoms. The van der Waals surface area contributed by atoms with Crippen LogP contribution in [0.3, 0.4) is 0 Å². The second kappa shape index (κ2) is 8.14. The minimum absolute atomic E-state index is 0.160. The van der Waals surface area contributed by atoms with Crippen LogP contribution < -0.4 is 10.4 Å². The predicted molar refractivity (Wildman–Crippen MR) is 102 cm³/mol. The van der Waals surface area contributed by atoms with Crippen molar-refractivity contribution in [3.8, 4) is 5.75 Å². The molecule has 136 valence electrons. The van der Waals surface area contributed by atoms with E-state index in [0.29, 0.717) is 24.3 Å². The predicted octanol–water partition coefficient (Wildman–Crippen LogP) is 3.31. The lowest BCUT2D eigenvalue weighted by Gasteiger charge is -2.10. The van der Waals surface area contributed by atoms with Gasteiger partial charge in [-0.2, -0.15) is 0 Å². The van der Waals surface area contributed by atoms with Crippen LogP contribution in [0.1, 0.15) is 16.8 Å². The summed E-state index contributed by atoms with van der Waals surface area (Å²) in [5.74, 6) is 0.0653. The summed E-state index contributed by atoms with van der Waals surface area (Å²) in [6.45, 7) is 0.691. The molecule has 0 radical (unpaired) electrons. The van der Waals surface area contributed by atoms with Crippen LogP contribution >= 0.6 is 11.8 Å². The third-order valence-corrected chi connectivity index (χ3v) is 4.79. The van der Waals surface area contributed by atoms with Crippen LogP contribution in [0.2, 0.25) is 0 Å². The van der Waals surface area contributed by atoms with Crippen molar-refractivity contribution in [3.05, 3.63) is 58.5 Å². The van der Waals surface area contributed by atoms with Gasteiger partial charge < -0.3 is 14.5 Å². The largest absolute Gasteiger partial charge is 0.496 e. The number of H-pyrrole nitrogens is 1. The molecular weight excluding hydrogens is 352 g/mol. The second-order valence-electron chi connectivity index (χ2n) is 5.65. The fourth-order valence-corrected chi connectivity index (χ4v) is 3.19. The van der Waals surface area contributed by atoms with Gasteiger partial charge in [-0.15, -0.1) is 11.8 Å². The number of methoxy groups -OCH3 is 1. The molecule has 1 heterocycles. The SMILES string of the molecule is COc1cc(SC)ccc1C(=O)OCCCn1c(=O)[nH]c2ccccc21. The number of hydrogen-bond donors (Lipinski definition) is 1. The number of rotatable bonds is 7. The quantitative estimate of drug-likeness (QED) is 0.391. The number of imidazole rings is 1. The molecule has 1 N–H and O–H groups in total. The summed E-state index contributed by atoms with van der Waals surface area (Å²) < 4.78 is 12.3. The summed E-state index contributed by atoms with van der Waals surface area (Å²) in [7, 11) is 1.53. The Balaban J connectivity index is 1.60. The number of para-hydroxylation sites is 2. The highest BCUT2D eigenvalue weighted by Crippen LogP contribution is 2.25. The normalized spacial score (nSPS) is 10.8. The fourth-order valence-electron chi connectivity index (χ4n) is 2.76.